The Morgan fingerprint density at radius 1 is 1.00 bits per heavy atom. The molecular weight excluding hydrogens is 487 g/mol. The van der Waals surface area contributed by atoms with Crippen molar-refractivity contribution in [1.29, 1.82) is 0 Å². The Morgan fingerprint density at radius 3 is 2.16 bits per heavy atom. The molecule has 2 amide bonds. The molecule has 2 aromatic rings. The van der Waals surface area contributed by atoms with Crippen molar-refractivity contribution in [2.75, 3.05) is 5.75 Å². The van der Waals surface area contributed by atoms with E-state index in [1.165, 1.54) is 11.8 Å². The molecule has 2 aromatic carbocycles. The number of thioether (sulfide) groups is 1. The van der Waals surface area contributed by atoms with Gasteiger partial charge >= 0.3 is 0 Å². The van der Waals surface area contributed by atoms with Gasteiger partial charge in [0.2, 0.25) is 11.8 Å². The largest absolute Gasteiger partial charge is 0.350 e. The molecule has 1 N–H and O–H groups in total. The van der Waals surface area contributed by atoms with Gasteiger partial charge in [0.15, 0.2) is 0 Å². The number of hydrogen-bond donors (Lipinski definition) is 1. The second kappa shape index (κ2) is 12.2. The lowest BCUT2D eigenvalue weighted by Crippen LogP contribution is -2.53. The van der Waals surface area contributed by atoms with Crippen LogP contribution in [0.25, 0.3) is 0 Å². The van der Waals surface area contributed by atoms with Gasteiger partial charge in [-0.15, -0.1) is 11.8 Å². The Hall–Kier alpha value is -1.40. The van der Waals surface area contributed by atoms with E-state index in [1.807, 2.05) is 45.9 Å². The van der Waals surface area contributed by atoms with Gasteiger partial charge in [-0.2, -0.15) is 0 Å². The van der Waals surface area contributed by atoms with E-state index in [-0.39, 0.29) is 24.1 Å². The average Bonchev–Trinajstić information content (AvgIpc) is 2.70. The number of hydrogen-bond acceptors (Lipinski definition) is 3. The predicted molar refractivity (Wildman–Crippen MR) is 137 cm³/mol. The van der Waals surface area contributed by atoms with E-state index in [4.69, 9.17) is 34.8 Å². The summed E-state index contributed by atoms with van der Waals surface area (Å²) in [5.41, 5.74) is 1.19. The number of rotatable bonds is 9. The molecule has 0 fully saturated rings. The summed E-state index contributed by atoms with van der Waals surface area (Å²) >= 11 is 20.3. The van der Waals surface area contributed by atoms with Gasteiger partial charge in [-0.1, -0.05) is 66.0 Å². The molecule has 0 bridgehead atoms. The maximum atomic E-state index is 13.3. The fraction of sp³-hybridized carbons (Fsp3) is 0.417. The molecule has 0 saturated carbocycles. The maximum absolute atomic E-state index is 13.3. The molecule has 1 atom stereocenters. The highest BCUT2D eigenvalue weighted by Crippen LogP contribution is 2.29. The Labute approximate surface area is 210 Å². The van der Waals surface area contributed by atoms with Gasteiger partial charge in [0.1, 0.15) is 6.04 Å². The van der Waals surface area contributed by atoms with Crippen LogP contribution in [0.15, 0.2) is 42.5 Å². The van der Waals surface area contributed by atoms with Crippen LogP contribution in [0.5, 0.6) is 0 Å². The lowest BCUT2D eigenvalue weighted by Gasteiger charge is -2.33. The third-order valence-electron chi connectivity index (χ3n) is 4.72. The number of carbonyl (C=O) groups excluding carboxylic acids is 2. The van der Waals surface area contributed by atoms with Crippen LogP contribution in [0.3, 0.4) is 0 Å². The van der Waals surface area contributed by atoms with Crippen molar-refractivity contribution in [3.63, 3.8) is 0 Å². The Balaban J connectivity index is 2.21. The van der Waals surface area contributed by atoms with Crippen LogP contribution >= 0.6 is 46.6 Å². The van der Waals surface area contributed by atoms with E-state index >= 15 is 0 Å². The number of nitrogens with zero attached hydrogens (tertiary/aromatic N) is 1. The van der Waals surface area contributed by atoms with Crippen molar-refractivity contribution in [1.82, 2.24) is 10.2 Å². The van der Waals surface area contributed by atoms with Crippen LogP contribution in [0.1, 0.15) is 45.2 Å². The fourth-order valence-corrected chi connectivity index (χ4v) is 5.02. The highest BCUT2D eigenvalue weighted by atomic mass is 35.5. The number of amides is 2. The van der Waals surface area contributed by atoms with Crippen molar-refractivity contribution in [2.45, 2.75) is 58.0 Å². The van der Waals surface area contributed by atoms with Crippen LogP contribution in [-0.4, -0.2) is 34.0 Å². The number of benzene rings is 2. The monoisotopic (exact) mass is 514 g/mol. The highest BCUT2D eigenvalue weighted by Gasteiger charge is 2.30. The van der Waals surface area contributed by atoms with Crippen LogP contribution < -0.4 is 5.32 Å². The molecule has 32 heavy (non-hydrogen) atoms. The number of halogens is 3. The lowest BCUT2D eigenvalue weighted by atomic mass is 10.1. The van der Waals surface area contributed by atoms with Gasteiger partial charge in [0.25, 0.3) is 0 Å². The third kappa shape index (κ3) is 7.87. The van der Waals surface area contributed by atoms with Crippen LogP contribution in [-0.2, 0) is 21.9 Å². The van der Waals surface area contributed by atoms with E-state index < -0.39 is 11.6 Å². The molecule has 0 aliphatic carbocycles. The molecule has 0 heterocycles. The molecule has 0 aliphatic rings. The zero-order valence-electron chi connectivity index (χ0n) is 18.8. The van der Waals surface area contributed by atoms with Crippen molar-refractivity contribution in [3.05, 3.63) is 68.7 Å². The predicted octanol–water partition coefficient (Wildman–Crippen LogP) is 6.60. The topological polar surface area (TPSA) is 49.4 Å². The second-order valence-electron chi connectivity index (χ2n) is 8.47. The van der Waals surface area contributed by atoms with Gasteiger partial charge in [-0.05, 0) is 56.5 Å². The fourth-order valence-electron chi connectivity index (χ4n) is 3.18. The Bertz CT molecular complexity index is 927. The first-order chi connectivity index (χ1) is 15.0. The SMILES string of the molecule is CC[C@H](C(=O)NC(C)(C)C)N(Cc1ccccc1Cl)C(=O)CSCc1c(Cl)cccc1Cl. The molecule has 0 saturated heterocycles. The molecule has 0 unspecified atom stereocenters. The molecule has 0 aliphatic heterocycles. The van der Waals surface area contributed by atoms with Crippen molar-refractivity contribution in [2.24, 2.45) is 0 Å². The van der Waals surface area contributed by atoms with E-state index in [0.29, 0.717) is 27.2 Å². The molecule has 174 valence electrons. The average molecular weight is 516 g/mol. The summed E-state index contributed by atoms with van der Waals surface area (Å²) in [5, 5.41) is 4.70. The molecule has 0 radical (unpaired) electrons. The minimum absolute atomic E-state index is 0.144. The van der Waals surface area contributed by atoms with Gasteiger partial charge < -0.3 is 10.2 Å². The van der Waals surface area contributed by atoms with Crippen molar-refractivity contribution < 1.29 is 9.59 Å². The molecule has 4 nitrogen and oxygen atoms in total. The Morgan fingerprint density at radius 2 is 1.59 bits per heavy atom. The van der Waals surface area contributed by atoms with E-state index in [2.05, 4.69) is 5.32 Å². The quantitative estimate of drug-likeness (QED) is 0.409. The second-order valence-corrected chi connectivity index (χ2v) is 10.7. The van der Waals surface area contributed by atoms with Gasteiger partial charge in [-0.3, -0.25) is 9.59 Å². The minimum Gasteiger partial charge on any atom is -0.350 e. The summed E-state index contributed by atoms with van der Waals surface area (Å²) in [5.74, 6) is 0.356. The van der Waals surface area contributed by atoms with E-state index in [9.17, 15) is 9.59 Å². The van der Waals surface area contributed by atoms with Crippen LogP contribution in [0, 0.1) is 0 Å². The summed E-state index contributed by atoms with van der Waals surface area (Å²) in [4.78, 5) is 27.9. The smallest absolute Gasteiger partial charge is 0.243 e. The standard InChI is InChI=1S/C24H29Cl3N2O2S/c1-5-21(23(31)28-24(2,3)4)29(13-16-9-6-7-10-18(16)25)22(30)15-32-14-17-19(26)11-8-12-20(17)27/h6-12,21H,5,13-15H2,1-4H3,(H,28,31)/t21-/m1/s1. The first kappa shape index (κ1) is 26.8. The summed E-state index contributed by atoms with van der Waals surface area (Å²) in [6.45, 7) is 7.90. The summed E-state index contributed by atoms with van der Waals surface area (Å²) in [6.07, 6.45) is 0.485. The summed E-state index contributed by atoms with van der Waals surface area (Å²) in [6, 6.07) is 12.1. The van der Waals surface area contributed by atoms with Gasteiger partial charge in [0.05, 0.1) is 5.75 Å². The normalized spacial score (nSPS) is 12.3. The van der Waals surface area contributed by atoms with Crippen LogP contribution in [0.4, 0.5) is 0 Å². The van der Waals surface area contributed by atoms with Gasteiger partial charge in [0, 0.05) is 32.9 Å². The number of nitrogens with one attached hydrogen (secondary N) is 1. The lowest BCUT2D eigenvalue weighted by molar-refractivity contribution is -0.140. The molecule has 2 rings (SSSR count). The van der Waals surface area contributed by atoms with E-state index in [0.717, 1.165) is 11.1 Å². The maximum Gasteiger partial charge on any atom is 0.243 e. The minimum atomic E-state index is -0.609. The first-order valence-corrected chi connectivity index (χ1v) is 12.7. The summed E-state index contributed by atoms with van der Waals surface area (Å²) < 4.78 is 0. The van der Waals surface area contributed by atoms with E-state index in [1.54, 1.807) is 29.2 Å². The number of carbonyl (C=O) groups is 2. The zero-order valence-corrected chi connectivity index (χ0v) is 21.8. The first-order valence-electron chi connectivity index (χ1n) is 10.4. The molecule has 8 heteroatoms. The van der Waals surface area contributed by atoms with Gasteiger partial charge in [-0.25, -0.2) is 0 Å². The molecule has 0 spiro atoms. The van der Waals surface area contributed by atoms with Crippen molar-refractivity contribution in [3.8, 4) is 0 Å². The molecule has 0 aromatic heterocycles. The van der Waals surface area contributed by atoms with Crippen molar-refractivity contribution >= 4 is 58.4 Å². The third-order valence-corrected chi connectivity index (χ3v) is 6.74. The Kier molecular flexibility index (Phi) is 10.2. The summed E-state index contributed by atoms with van der Waals surface area (Å²) in [7, 11) is 0. The zero-order chi connectivity index (χ0) is 23.9. The highest BCUT2D eigenvalue weighted by molar-refractivity contribution is 7.99. The molecular formula is C24H29Cl3N2O2S. The van der Waals surface area contributed by atoms with Crippen LogP contribution in [0.2, 0.25) is 15.1 Å².